The first kappa shape index (κ1) is 12.6. The van der Waals surface area contributed by atoms with Crippen LogP contribution in [0.25, 0.3) is 5.57 Å². The first-order valence-electron chi connectivity index (χ1n) is 4.84. The van der Waals surface area contributed by atoms with E-state index in [0.29, 0.717) is 12.1 Å². The molecule has 4 amide bonds. The van der Waals surface area contributed by atoms with Crippen molar-refractivity contribution in [2.75, 3.05) is 4.90 Å². The zero-order valence-corrected chi connectivity index (χ0v) is 9.34. The van der Waals surface area contributed by atoms with E-state index in [1.807, 2.05) is 18.3 Å². The molecule has 1 rings (SSSR count). The van der Waals surface area contributed by atoms with Crippen LogP contribution in [-0.2, 0) is 9.59 Å². The lowest BCUT2D eigenvalue weighted by Crippen LogP contribution is -2.38. The number of hydrogen-bond donors (Lipinski definition) is 1. The van der Waals surface area contributed by atoms with E-state index in [4.69, 9.17) is 0 Å². The standard InChI is InChI=1S/C12H12N2O3/c1-9(2)10-4-3-5-11(6-10)14(8-16)12(17)13-7-15/h3-8H,1H2,2H3,(H,13,15,17). The van der Waals surface area contributed by atoms with E-state index in [1.54, 1.807) is 18.2 Å². The van der Waals surface area contributed by atoms with Crippen molar-refractivity contribution in [3.8, 4) is 0 Å². The van der Waals surface area contributed by atoms with Crippen molar-refractivity contribution in [2.45, 2.75) is 6.92 Å². The third kappa shape index (κ3) is 3.01. The van der Waals surface area contributed by atoms with Crippen LogP contribution < -0.4 is 10.2 Å². The molecule has 1 aromatic carbocycles. The van der Waals surface area contributed by atoms with Crippen LogP contribution >= 0.6 is 0 Å². The number of carbonyl (C=O) groups excluding carboxylic acids is 3. The van der Waals surface area contributed by atoms with Crippen molar-refractivity contribution in [1.82, 2.24) is 5.32 Å². The minimum atomic E-state index is -0.797. The first-order valence-corrected chi connectivity index (χ1v) is 4.84. The Morgan fingerprint density at radius 3 is 2.65 bits per heavy atom. The van der Waals surface area contributed by atoms with Gasteiger partial charge in [-0.2, -0.15) is 0 Å². The van der Waals surface area contributed by atoms with Crippen molar-refractivity contribution in [1.29, 1.82) is 0 Å². The summed E-state index contributed by atoms with van der Waals surface area (Å²) >= 11 is 0. The molecule has 0 bridgehead atoms. The highest BCUT2D eigenvalue weighted by atomic mass is 16.2. The lowest BCUT2D eigenvalue weighted by Gasteiger charge is -2.15. The summed E-state index contributed by atoms with van der Waals surface area (Å²) in [5.41, 5.74) is 2.00. The van der Waals surface area contributed by atoms with Gasteiger partial charge in [0.25, 0.3) is 0 Å². The molecule has 1 N–H and O–H groups in total. The van der Waals surface area contributed by atoms with E-state index in [0.717, 1.165) is 16.0 Å². The Balaban J connectivity index is 3.07. The molecule has 0 saturated heterocycles. The van der Waals surface area contributed by atoms with Gasteiger partial charge >= 0.3 is 6.03 Å². The van der Waals surface area contributed by atoms with Crippen LogP contribution in [0.1, 0.15) is 12.5 Å². The molecule has 0 aliphatic rings. The average molecular weight is 232 g/mol. The molecule has 0 fully saturated rings. The van der Waals surface area contributed by atoms with Crippen molar-refractivity contribution in [3.05, 3.63) is 36.4 Å². The van der Waals surface area contributed by atoms with Gasteiger partial charge in [0.2, 0.25) is 12.8 Å². The zero-order valence-electron chi connectivity index (χ0n) is 9.34. The number of nitrogens with one attached hydrogen (secondary N) is 1. The second kappa shape index (κ2) is 5.60. The van der Waals surface area contributed by atoms with Crippen molar-refractivity contribution < 1.29 is 14.4 Å². The van der Waals surface area contributed by atoms with Gasteiger partial charge in [0.05, 0.1) is 5.69 Å². The Bertz CT molecular complexity index is 469. The third-order valence-corrected chi connectivity index (χ3v) is 2.12. The minimum Gasteiger partial charge on any atom is -0.280 e. The Hall–Kier alpha value is -2.43. The van der Waals surface area contributed by atoms with Gasteiger partial charge in [-0.25, -0.2) is 9.69 Å². The molecule has 0 spiro atoms. The SMILES string of the molecule is C=C(C)c1cccc(N(C=O)C(=O)NC=O)c1. The van der Waals surface area contributed by atoms with E-state index in [9.17, 15) is 14.4 Å². The third-order valence-electron chi connectivity index (χ3n) is 2.12. The van der Waals surface area contributed by atoms with E-state index in [1.165, 1.54) is 0 Å². The molecule has 0 aliphatic carbocycles. The zero-order chi connectivity index (χ0) is 12.8. The van der Waals surface area contributed by atoms with Crippen LogP contribution in [0.3, 0.4) is 0 Å². The Kier molecular flexibility index (Phi) is 4.16. The molecule has 0 aliphatic heterocycles. The Morgan fingerprint density at radius 1 is 1.41 bits per heavy atom. The molecule has 17 heavy (non-hydrogen) atoms. The maximum Gasteiger partial charge on any atom is 0.334 e. The van der Waals surface area contributed by atoms with E-state index >= 15 is 0 Å². The molecule has 0 aromatic heterocycles. The molecule has 1 aromatic rings. The molecule has 0 saturated carbocycles. The van der Waals surface area contributed by atoms with Gasteiger partial charge in [-0.3, -0.25) is 14.9 Å². The fraction of sp³-hybridized carbons (Fsp3) is 0.0833. The van der Waals surface area contributed by atoms with Gasteiger partial charge in [0, 0.05) is 0 Å². The van der Waals surface area contributed by atoms with Gasteiger partial charge in [-0.05, 0) is 24.6 Å². The summed E-state index contributed by atoms with van der Waals surface area (Å²) in [6.45, 7) is 5.58. The number of nitrogens with zero attached hydrogens (tertiary/aromatic N) is 1. The highest BCUT2D eigenvalue weighted by Gasteiger charge is 2.14. The van der Waals surface area contributed by atoms with Crippen molar-refractivity contribution in [3.63, 3.8) is 0 Å². The van der Waals surface area contributed by atoms with E-state index in [-0.39, 0.29) is 6.41 Å². The summed E-state index contributed by atoms with van der Waals surface area (Å²) in [5.74, 6) is 0. The summed E-state index contributed by atoms with van der Waals surface area (Å²) in [5, 5.41) is 1.90. The van der Waals surface area contributed by atoms with E-state index in [2.05, 4.69) is 6.58 Å². The number of hydrogen-bond acceptors (Lipinski definition) is 3. The minimum absolute atomic E-state index is 0.224. The topological polar surface area (TPSA) is 66.5 Å². The van der Waals surface area contributed by atoms with Crippen LogP contribution in [-0.4, -0.2) is 18.9 Å². The predicted molar refractivity (Wildman–Crippen MR) is 64.3 cm³/mol. The van der Waals surface area contributed by atoms with Gasteiger partial charge in [-0.1, -0.05) is 24.3 Å². The van der Waals surface area contributed by atoms with Gasteiger partial charge < -0.3 is 0 Å². The van der Waals surface area contributed by atoms with Crippen molar-refractivity contribution in [2.24, 2.45) is 0 Å². The summed E-state index contributed by atoms with van der Waals surface area (Å²) in [4.78, 5) is 33.2. The lowest BCUT2D eigenvalue weighted by atomic mass is 10.1. The number of imide groups is 2. The van der Waals surface area contributed by atoms with Gasteiger partial charge in [0.1, 0.15) is 0 Å². The van der Waals surface area contributed by atoms with Crippen molar-refractivity contribution >= 4 is 30.1 Å². The second-order valence-corrected chi connectivity index (χ2v) is 3.37. The van der Waals surface area contributed by atoms with Crippen LogP contribution in [0.2, 0.25) is 0 Å². The summed E-state index contributed by atoms with van der Waals surface area (Å²) in [6, 6.07) is 5.94. The summed E-state index contributed by atoms with van der Waals surface area (Å²) in [7, 11) is 0. The fourth-order valence-electron chi connectivity index (χ4n) is 1.27. The molecule has 0 heterocycles. The normalized spacial score (nSPS) is 9.24. The average Bonchev–Trinajstić information content (AvgIpc) is 2.30. The summed E-state index contributed by atoms with van der Waals surface area (Å²) < 4.78 is 0. The van der Waals surface area contributed by atoms with Crippen LogP contribution in [0.15, 0.2) is 30.8 Å². The highest BCUT2D eigenvalue weighted by molar-refractivity contribution is 6.09. The fourth-order valence-corrected chi connectivity index (χ4v) is 1.27. The Labute approximate surface area is 98.7 Å². The molecule has 5 heteroatoms. The number of urea groups is 1. The number of allylic oxidation sites excluding steroid dienone is 1. The number of rotatable bonds is 4. The lowest BCUT2D eigenvalue weighted by molar-refractivity contribution is -0.108. The largest absolute Gasteiger partial charge is 0.334 e. The molecule has 88 valence electrons. The summed E-state index contributed by atoms with van der Waals surface area (Å²) in [6.07, 6.45) is 0.567. The molecular formula is C12H12N2O3. The maximum atomic E-state index is 11.4. The number of anilines is 1. The van der Waals surface area contributed by atoms with Crippen LogP contribution in [0.5, 0.6) is 0 Å². The predicted octanol–water partition coefficient (Wildman–Crippen LogP) is 1.55. The Morgan fingerprint density at radius 2 is 2.12 bits per heavy atom. The molecule has 0 unspecified atom stereocenters. The quantitative estimate of drug-likeness (QED) is 0.801. The van der Waals surface area contributed by atoms with Gasteiger partial charge in [0.15, 0.2) is 0 Å². The maximum absolute atomic E-state index is 11.4. The number of carbonyl (C=O) groups is 3. The smallest absolute Gasteiger partial charge is 0.280 e. The number of benzene rings is 1. The van der Waals surface area contributed by atoms with Crippen LogP contribution in [0, 0.1) is 0 Å². The molecule has 5 nitrogen and oxygen atoms in total. The van der Waals surface area contributed by atoms with E-state index < -0.39 is 6.03 Å². The highest BCUT2D eigenvalue weighted by Crippen LogP contribution is 2.19. The molecule has 0 radical (unpaired) electrons. The molecule has 0 atom stereocenters. The second-order valence-electron chi connectivity index (χ2n) is 3.37. The monoisotopic (exact) mass is 232 g/mol. The van der Waals surface area contributed by atoms with Crippen LogP contribution in [0.4, 0.5) is 10.5 Å². The first-order chi connectivity index (χ1) is 8.10. The number of amides is 4. The molecular weight excluding hydrogens is 220 g/mol. The van der Waals surface area contributed by atoms with Gasteiger partial charge in [-0.15, -0.1) is 0 Å².